The summed E-state index contributed by atoms with van der Waals surface area (Å²) in [6.07, 6.45) is 2.34. The normalized spacial score (nSPS) is 19.6. The summed E-state index contributed by atoms with van der Waals surface area (Å²) in [5.41, 5.74) is 0.473. The highest BCUT2D eigenvalue weighted by atomic mass is 19.1. The molecule has 0 spiro atoms. The number of nitrogens with zero attached hydrogens (tertiary/aromatic N) is 1. The van der Waals surface area contributed by atoms with Crippen LogP contribution in [0.4, 0.5) is 14.9 Å². The lowest BCUT2D eigenvalue weighted by Crippen LogP contribution is -2.41. The van der Waals surface area contributed by atoms with Crippen LogP contribution in [0.3, 0.4) is 0 Å². The molecule has 0 bridgehead atoms. The number of amides is 2. The maximum absolute atomic E-state index is 13.0. The molecule has 2 rings (SSSR count). The Labute approximate surface area is 119 Å². The molecule has 1 aromatic rings. The van der Waals surface area contributed by atoms with Crippen molar-refractivity contribution in [3.05, 3.63) is 30.1 Å². The molecule has 0 unspecified atom stereocenters. The van der Waals surface area contributed by atoms with Gasteiger partial charge in [-0.25, -0.2) is 9.18 Å². The van der Waals surface area contributed by atoms with Crippen LogP contribution in [0.5, 0.6) is 0 Å². The van der Waals surface area contributed by atoms with Crippen molar-refractivity contribution in [3.8, 4) is 0 Å². The summed E-state index contributed by atoms with van der Waals surface area (Å²) in [6, 6.07) is 5.63. The molecular weight excluding hydrogens is 257 g/mol. The number of rotatable bonds is 4. The number of anilines is 1. The molecule has 2 N–H and O–H groups in total. The number of hydrogen-bond acceptors (Lipinski definition) is 2. The number of urea groups is 1. The minimum atomic E-state index is -0.353. The lowest BCUT2D eigenvalue weighted by atomic mass is 9.98. The molecule has 1 aliphatic heterocycles. The maximum Gasteiger partial charge on any atom is 0.319 e. The second-order valence-electron chi connectivity index (χ2n) is 5.25. The van der Waals surface area contributed by atoms with Crippen molar-refractivity contribution in [2.45, 2.75) is 19.8 Å². The van der Waals surface area contributed by atoms with Crippen LogP contribution in [0, 0.1) is 11.7 Å². The van der Waals surface area contributed by atoms with Gasteiger partial charge in [-0.05, 0) is 50.0 Å². The first-order valence-electron chi connectivity index (χ1n) is 7.20. The molecule has 0 aromatic heterocycles. The molecule has 0 aliphatic carbocycles. The van der Waals surface area contributed by atoms with Crippen molar-refractivity contribution < 1.29 is 9.18 Å². The second-order valence-corrected chi connectivity index (χ2v) is 5.25. The summed E-state index contributed by atoms with van der Waals surface area (Å²) in [5, 5.41) is 5.51. The van der Waals surface area contributed by atoms with E-state index in [4.69, 9.17) is 0 Å². The summed E-state index contributed by atoms with van der Waals surface area (Å²) in [7, 11) is 0. The largest absolute Gasteiger partial charge is 0.338 e. The minimum Gasteiger partial charge on any atom is -0.338 e. The van der Waals surface area contributed by atoms with E-state index in [1.807, 2.05) is 0 Å². The zero-order valence-corrected chi connectivity index (χ0v) is 11.9. The van der Waals surface area contributed by atoms with Gasteiger partial charge >= 0.3 is 6.03 Å². The molecule has 1 saturated heterocycles. The lowest BCUT2D eigenvalue weighted by molar-refractivity contribution is 0.180. The zero-order valence-electron chi connectivity index (χ0n) is 11.9. The van der Waals surface area contributed by atoms with Gasteiger partial charge in [-0.15, -0.1) is 0 Å². The van der Waals surface area contributed by atoms with Crippen LogP contribution in [0.1, 0.15) is 19.8 Å². The fourth-order valence-electron chi connectivity index (χ4n) is 2.58. The highest BCUT2D eigenvalue weighted by Gasteiger charge is 2.19. The summed E-state index contributed by atoms with van der Waals surface area (Å²) in [6.45, 7) is 6.08. The quantitative estimate of drug-likeness (QED) is 0.890. The summed E-state index contributed by atoms with van der Waals surface area (Å²) >= 11 is 0. The van der Waals surface area contributed by atoms with E-state index in [9.17, 15) is 9.18 Å². The molecule has 4 nitrogen and oxygen atoms in total. The van der Waals surface area contributed by atoms with Gasteiger partial charge in [-0.1, -0.05) is 13.0 Å². The third-order valence-corrected chi connectivity index (χ3v) is 3.68. The Bertz CT molecular complexity index is 452. The number of hydrogen-bond donors (Lipinski definition) is 2. The van der Waals surface area contributed by atoms with Crippen LogP contribution in [-0.2, 0) is 0 Å². The molecule has 5 heteroatoms. The third-order valence-electron chi connectivity index (χ3n) is 3.68. The average molecular weight is 279 g/mol. The summed E-state index contributed by atoms with van der Waals surface area (Å²) in [5.74, 6) is 0.149. The molecule has 0 saturated carbocycles. The Morgan fingerprint density at radius 1 is 1.50 bits per heavy atom. The van der Waals surface area contributed by atoms with Gasteiger partial charge in [-0.2, -0.15) is 0 Å². The first kappa shape index (κ1) is 14.8. The molecular formula is C15H22FN3O. The van der Waals surface area contributed by atoms with Crippen LogP contribution < -0.4 is 10.6 Å². The van der Waals surface area contributed by atoms with Crippen molar-refractivity contribution in [2.75, 3.05) is 31.5 Å². The Kier molecular flexibility index (Phi) is 5.35. The monoisotopic (exact) mass is 279 g/mol. The topological polar surface area (TPSA) is 44.4 Å². The number of likely N-dealkylation sites (tertiary alicyclic amines) is 1. The molecule has 1 heterocycles. The van der Waals surface area contributed by atoms with Crippen molar-refractivity contribution in [1.82, 2.24) is 10.2 Å². The van der Waals surface area contributed by atoms with Crippen LogP contribution in [-0.4, -0.2) is 37.1 Å². The molecule has 1 fully saturated rings. The fourth-order valence-corrected chi connectivity index (χ4v) is 2.58. The Morgan fingerprint density at radius 3 is 3.10 bits per heavy atom. The smallest absolute Gasteiger partial charge is 0.319 e. The molecule has 2 amide bonds. The van der Waals surface area contributed by atoms with Crippen molar-refractivity contribution in [1.29, 1.82) is 0 Å². The number of benzene rings is 1. The minimum absolute atomic E-state index is 0.274. The number of halogens is 1. The first-order valence-corrected chi connectivity index (χ1v) is 7.20. The maximum atomic E-state index is 13.0. The number of piperidine rings is 1. The Morgan fingerprint density at radius 2 is 2.35 bits per heavy atom. The molecule has 110 valence electrons. The predicted molar refractivity (Wildman–Crippen MR) is 78.3 cm³/mol. The number of carbonyl (C=O) groups is 1. The van der Waals surface area contributed by atoms with Gasteiger partial charge in [0, 0.05) is 18.8 Å². The van der Waals surface area contributed by atoms with Crippen LogP contribution in [0.25, 0.3) is 0 Å². The van der Waals surface area contributed by atoms with E-state index in [1.165, 1.54) is 18.6 Å². The fraction of sp³-hybridized carbons (Fsp3) is 0.533. The molecule has 1 aliphatic rings. The van der Waals surface area contributed by atoms with E-state index >= 15 is 0 Å². The summed E-state index contributed by atoms with van der Waals surface area (Å²) < 4.78 is 13.0. The molecule has 20 heavy (non-hydrogen) atoms. The van der Waals surface area contributed by atoms with Crippen LogP contribution in [0.2, 0.25) is 0 Å². The van der Waals surface area contributed by atoms with E-state index in [2.05, 4.69) is 22.5 Å². The summed E-state index contributed by atoms with van der Waals surface area (Å²) in [4.78, 5) is 14.2. The molecule has 1 aromatic carbocycles. The van der Waals surface area contributed by atoms with Crippen molar-refractivity contribution >= 4 is 11.7 Å². The SMILES string of the molecule is CCN1CCC[C@@H](CNC(=O)Nc2cccc(F)c2)C1. The van der Waals surface area contributed by atoms with Crippen molar-refractivity contribution in [2.24, 2.45) is 5.92 Å². The second kappa shape index (κ2) is 7.24. The first-order chi connectivity index (χ1) is 9.67. The van der Waals surface area contributed by atoms with E-state index in [0.29, 0.717) is 18.2 Å². The molecule has 1 atom stereocenters. The van der Waals surface area contributed by atoms with E-state index in [-0.39, 0.29) is 11.8 Å². The van der Waals surface area contributed by atoms with E-state index in [1.54, 1.807) is 12.1 Å². The zero-order chi connectivity index (χ0) is 14.4. The van der Waals surface area contributed by atoms with Crippen molar-refractivity contribution in [3.63, 3.8) is 0 Å². The van der Waals surface area contributed by atoms with Crippen LogP contribution >= 0.6 is 0 Å². The van der Waals surface area contributed by atoms with Gasteiger partial charge in [0.05, 0.1) is 0 Å². The number of carbonyl (C=O) groups excluding carboxylic acids is 1. The highest BCUT2D eigenvalue weighted by Crippen LogP contribution is 2.15. The van der Waals surface area contributed by atoms with Gasteiger partial charge in [0.25, 0.3) is 0 Å². The Hall–Kier alpha value is -1.62. The van der Waals surface area contributed by atoms with Crippen LogP contribution in [0.15, 0.2) is 24.3 Å². The predicted octanol–water partition coefficient (Wildman–Crippen LogP) is 2.68. The standard InChI is InChI=1S/C15H22FN3O/c1-2-19-8-4-5-12(11-19)10-17-15(20)18-14-7-3-6-13(16)9-14/h3,6-7,9,12H,2,4-5,8,10-11H2,1H3,(H2,17,18,20)/t12-/m0/s1. The average Bonchev–Trinajstić information content (AvgIpc) is 2.45. The number of nitrogens with one attached hydrogen (secondary N) is 2. The van der Waals surface area contributed by atoms with Gasteiger partial charge < -0.3 is 15.5 Å². The third kappa shape index (κ3) is 4.49. The van der Waals surface area contributed by atoms with Gasteiger partial charge in [0.1, 0.15) is 5.82 Å². The Balaban J connectivity index is 1.75. The van der Waals surface area contributed by atoms with Gasteiger partial charge in [0.15, 0.2) is 0 Å². The van der Waals surface area contributed by atoms with E-state index in [0.717, 1.165) is 26.1 Å². The lowest BCUT2D eigenvalue weighted by Gasteiger charge is -2.31. The van der Waals surface area contributed by atoms with Gasteiger partial charge in [0.2, 0.25) is 0 Å². The molecule has 0 radical (unpaired) electrons. The van der Waals surface area contributed by atoms with Gasteiger partial charge in [-0.3, -0.25) is 0 Å². The van der Waals surface area contributed by atoms with E-state index < -0.39 is 0 Å². The highest BCUT2D eigenvalue weighted by molar-refractivity contribution is 5.89.